The van der Waals surface area contributed by atoms with Crippen LogP contribution in [0.15, 0.2) is 54.6 Å². The van der Waals surface area contributed by atoms with Crippen LogP contribution in [0.4, 0.5) is 0 Å². The second-order valence-electron chi connectivity index (χ2n) is 4.17. The molecule has 0 bridgehead atoms. The number of benzene rings is 2. The van der Waals surface area contributed by atoms with Crippen LogP contribution in [0, 0.1) is 11.3 Å². The Morgan fingerprint density at radius 1 is 1.20 bits per heavy atom. The van der Waals surface area contributed by atoms with E-state index < -0.39 is 0 Å². The lowest BCUT2D eigenvalue weighted by atomic mass is 10.1. The van der Waals surface area contributed by atoms with Crippen LogP contribution in [0.2, 0.25) is 0 Å². The summed E-state index contributed by atoms with van der Waals surface area (Å²) in [7, 11) is 1.60. The van der Waals surface area contributed by atoms with Crippen molar-refractivity contribution in [3.05, 3.63) is 71.3 Å². The minimum Gasteiger partial charge on any atom is -0.497 e. The van der Waals surface area contributed by atoms with Gasteiger partial charge in [-0.25, -0.2) is 0 Å². The molecular weight excluding hydrogens is 250 g/mol. The molecule has 0 heterocycles. The first-order chi connectivity index (χ1) is 9.72. The van der Waals surface area contributed by atoms with E-state index in [2.05, 4.69) is 0 Å². The molecule has 20 heavy (non-hydrogen) atoms. The third-order valence-corrected chi connectivity index (χ3v) is 2.80. The standard InChI is InChI=1S/C17H13NO2/c1-20-16-7-3-4-13(11-16)8-9-17(19)15-6-2-5-14(10-15)12-18/h2-11H,1H3/b9-8+. The molecule has 0 unspecified atom stereocenters. The highest BCUT2D eigenvalue weighted by Crippen LogP contribution is 2.14. The van der Waals surface area contributed by atoms with E-state index in [1.807, 2.05) is 30.3 Å². The monoisotopic (exact) mass is 263 g/mol. The normalized spacial score (nSPS) is 10.2. The van der Waals surface area contributed by atoms with E-state index in [1.54, 1.807) is 37.5 Å². The zero-order valence-corrected chi connectivity index (χ0v) is 11.0. The average molecular weight is 263 g/mol. The van der Waals surface area contributed by atoms with E-state index in [0.29, 0.717) is 11.1 Å². The molecule has 0 aliphatic rings. The lowest BCUT2D eigenvalue weighted by Gasteiger charge is -2.00. The van der Waals surface area contributed by atoms with Gasteiger partial charge >= 0.3 is 0 Å². The molecule has 3 heteroatoms. The van der Waals surface area contributed by atoms with Gasteiger partial charge in [0.25, 0.3) is 0 Å². The molecule has 98 valence electrons. The van der Waals surface area contributed by atoms with Crippen molar-refractivity contribution in [1.29, 1.82) is 5.26 Å². The van der Waals surface area contributed by atoms with E-state index in [4.69, 9.17) is 10.00 Å². The van der Waals surface area contributed by atoms with Crippen LogP contribution in [0.1, 0.15) is 21.5 Å². The van der Waals surface area contributed by atoms with E-state index in [9.17, 15) is 4.79 Å². The fraction of sp³-hybridized carbons (Fsp3) is 0.0588. The number of hydrogen-bond donors (Lipinski definition) is 0. The number of ether oxygens (including phenoxy) is 1. The zero-order valence-electron chi connectivity index (χ0n) is 11.0. The molecule has 0 N–H and O–H groups in total. The lowest BCUT2D eigenvalue weighted by Crippen LogP contribution is -1.94. The third-order valence-electron chi connectivity index (χ3n) is 2.80. The van der Waals surface area contributed by atoms with Crippen LogP contribution < -0.4 is 4.74 Å². The molecule has 0 saturated carbocycles. The molecule has 0 radical (unpaired) electrons. The van der Waals surface area contributed by atoms with E-state index in [0.717, 1.165) is 11.3 Å². The van der Waals surface area contributed by atoms with Gasteiger partial charge in [-0.05, 0) is 35.9 Å². The summed E-state index contributed by atoms with van der Waals surface area (Å²) in [6, 6.07) is 16.1. The second-order valence-corrected chi connectivity index (χ2v) is 4.17. The van der Waals surface area contributed by atoms with Crippen molar-refractivity contribution < 1.29 is 9.53 Å². The van der Waals surface area contributed by atoms with Crippen molar-refractivity contribution in [2.24, 2.45) is 0 Å². The Kier molecular flexibility index (Phi) is 4.31. The van der Waals surface area contributed by atoms with E-state index >= 15 is 0 Å². The number of nitrogens with zero attached hydrogens (tertiary/aromatic N) is 1. The molecule has 0 atom stereocenters. The molecule has 0 fully saturated rings. The van der Waals surface area contributed by atoms with Crippen LogP contribution in [0.25, 0.3) is 6.08 Å². The number of carbonyl (C=O) groups is 1. The summed E-state index contributed by atoms with van der Waals surface area (Å²) >= 11 is 0. The first kappa shape index (κ1) is 13.6. The third kappa shape index (κ3) is 3.33. The maximum absolute atomic E-state index is 12.0. The second kappa shape index (κ2) is 6.35. The maximum atomic E-state index is 12.0. The number of rotatable bonds is 4. The maximum Gasteiger partial charge on any atom is 0.185 e. The topological polar surface area (TPSA) is 50.1 Å². The van der Waals surface area contributed by atoms with Gasteiger partial charge in [0.15, 0.2) is 5.78 Å². The smallest absolute Gasteiger partial charge is 0.185 e. The predicted molar refractivity (Wildman–Crippen MR) is 77.5 cm³/mol. The number of allylic oxidation sites excluding steroid dienone is 1. The highest BCUT2D eigenvalue weighted by atomic mass is 16.5. The SMILES string of the molecule is COc1cccc(/C=C/C(=O)c2cccc(C#N)c2)c1. The van der Waals surface area contributed by atoms with Gasteiger partial charge in [-0.2, -0.15) is 5.26 Å². The molecule has 0 spiro atoms. The van der Waals surface area contributed by atoms with Gasteiger partial charge in [0.05, 0.1) is 18.7 Å². The minimum atomic E-state index is -0.134. The number of ketones is 1. The molecule has 0 amide bonds. The molecular formula is C17H13NO2. The molecule has 2 aromatic rings. The number of hydrogen-bond acceptors (Lipinski definition) is 3. The molecule has 2 rings (SSSR count). The van der Waals surface area contributed by atoms with Crippen LogP contribution in [0.5, 0.6) is 5.75 Å². The Hall–Kier alpha value is -2.86. The lowest BCUT2D eigenvalue weighted by molar-refractivity contribution is 0.104. The van der Waals surface area contributed by atoms with Gasteiger partial charge in [-0.1, -0.05) is 30.3 Å². The minimum absolute atomic E-state index is 0.134. The quantitative estimate of drug-likeness (QED) is 0.627. The average Bonchev–Trinajstić information content (AvgIpc) is 2.52. The summed E-state index contributed by atoms with van der Waals surface area (Å²) in [6.45, 7) is 0. The van der Waals surface area contributed by atoms with Crippen LogP contribution in [-0.2, 0) is 0 Å². The highest BCUT2D eigenvalue weighted by Gasteiger charge is 2.02. The highest BCUT2D eigenvalue weighted by molar-refractivity contribution is 6.07. The molecule has 0 saturated heterocycles. The van der Waals surface area contributed by atoms with Gasteiger partial charge in [0, 0.05) is 5.56 Å². The van der Waals surface area contributed by atoms with Crippen molar-refractivity contribution in [2.45, 2.75) is 0 Å². The Labute approximate surface area is 117 Å². The molecule has 3 nitrogen and oxygen atoms in total. The van der Waals surface area contributed by atoms with Crippen LogP contribution in [0.3, 0.4) is 0 Å². The first-order valence-electron chi connectivity index (χ1n) is 6.09. The first-order valence-corrected chi connectivity index (χ1v) is 6.09. The van der Waals surface area contributed by atoms with Crippen molar-refractivity contribution in [1.82, 2.24) is 0 Å². The Morgan fingerprint density at radius 2 is 2.00 bits per heavy atom. The Morgan fingerprint density at radius 3 is 2.75 bits per heavy atom. The summed E-state index contributed by atoms with van der Waals surface area (Å²) in [5.74, 6) is 0.607. The predicted octanol–water partition coefficient (Wildman–Crippen LogP) is 3.46. The van der Waals surface area contributed by atoms with Crippen molar-refractivity contribution in [3.63, 3.8) is 0 Å². The van der Waals surface area contributed by atoms with Gasteiger partial charge in [-0.3, -0.25) is 4.79 Å². The summed E-state index contributed by atoms with van der Waals surface area (Å²) in [4.78, 5) is 12.0. The van der Waals surface area contributed by atoms with Gasteiger partial charge in [-0.15, -0.1) is 0 Å². The summed E-state index contributed by atoms with van der Waals surface area (Å²) in [5.41, 5.74) is 1.86. The summed E-state index contributed by atoms with van der Waals surface area (Å²) in [6.07, 6.45) is 3.22. The molecule has 0 aromatic heterocycles. The number of nitriles is 1. The fourth-order valence-corrected chi connectivity index (χ4v) is 1.76. The van der Waals surface area contributed by atoms with Crippen molar-refractivity contribution in [3.8, 4) is 11.8 Å². The van der Waals surface area contributed by atoms with Crippen LogP contribution in [-0.4, -0.2) is 12.9 Å². The molecule has 0 aliphatic heterocycles. The van der Waals surface area contributed by atoms with Gasteiger partial charge < -0.3 is 4.74 Å². The Balaban J connectivity index is 2.18. The number of carbonyl (C=O) groups excluding carboxylic acids is 1. The summed E-state index contributed by atoms with van der Waals surface area (Å²) in [5, 5.41) is 8.82. The zero-order chi connectivity index (χ0) is 14.4. The van der Waals surface area contributed by atoms with Crippen LogP contribution >= 0.6 is 0 Å². The van der Waals surface area contributed by atoms with Gasteiger partial charge in [0.1, 0.15) is 5.75 Å². The number of methoxy groups -OCH3 is 1. The van der Waals surface area contributed by atoms with Crippen molar-refractivity contribution in [2.75, 3.05) is 7.11 Å². The van der Waals surface area contributed by atoms with Gasteiger partial charge in [0.2, 0.25) is 0 Å². The van der Waals surface area contributed by atoms with E-state index in [1.165, 1.54) is 6.08 Å². The largest absolute Gasteiger partial charge is 0.497 e. The fourth-order valence-electron chi connectivity index (χ4n) is 1.76. The summed E-state index contributed by atoms with van der Waals surface area (Å²) < 4.78 is 5.12. The van der Waals surface area contributed by atoms with Crippen molar-refractivity contribution >= 4 is 11.9 Å². The Bertz CT molecular complexity index is 696. The molecule has 0 aliphatic carbocycles. The molecule has 2 aromatic carbocycles. The van der Waals surface area contributed by atoms with E-state index in [-0.39, 0.29) is 5.78 Å².